The average molecular weight is 563 g/mol. The summed E-state index contributed by atoms with van der Waals surface area (Å²) in [6.07, 6.45) is 4.05. The number of halogens is 2. The number of aromatic carboxylic acids is 1. The summed E-state index contributed by atoms with van der Waals surface area (Å²) in [5, 5.41) is 8.32. The number of hydrogen-bond acceptors (Lipinski definition) is 4. The molecule has 0 bridgehead atoms. The van der Waals surface area contributed by atoms with E-state index in [1.165, 1.54) is 12.3 Å². The van der Waals surface area contributed by atoms with Crippen LogP contribution in [-0.2, 0) is 20.1 Å². The molecule has 0 aliphatic rings. The van der Waals surface area contributed by atoms with E-state index < -0.39 is 17.9 Å². The van der Waals surface area contributed by atoms with Crippen molar-refractivity contribution in [3.8, 4) is 11.3 Å². The van der Waals surface area contributed by atoms with Gasteiger partial charge in [-0.1, -0.05) is 43.2 Å². The molecule has 0 spiro atoms. The van der Waals surface area contributed by atoms with Crippen LogP contribution in [0.5, 0.6) is 0 Å². The summed E-state index contributed by atoms with van der Waals surface area (Å²) in [5.41, 5.74) is 1.68. The second-order valence-corrected chi connectivity index (χ2v) is 5.69. The second-order valence-electron chi connectivity index (χ2n) is 5.69. The van der Waals surface area contributed by atoms with Crippen LogP contribution in [0.3, 0.4) is 0 Å². The molecule has 5 nitrogen and oxygen atoms in total. The van der Waals surface area contributed by atoms with Gasteiger partial charge in [0.25, 0.3) is 0 Å². The van der Waals surface area contributed by atoms with Crippen molar-refractivity contribution < 1.29 is 38.8 Å². The van der Waals surface area contributed by atoms with Crippen LogP contribution in [0.25, 0.3) is 11.3 Å². The predicted molar refractivity (Wildman–Crippen MR) is 96.1 cm³/mol. The molecule has 3 aromatic rings. The van der Waals surface area contributed by atoms with E-state index in [1.54, 1.807) is 24.4 Å². The molecule has 0 aliphatic heterocycles. The van der Waals surface area contributed by atoms with Gasteiger partial charge in [0.1, 0.15) is 17.6 Å². The summed E-state index contributed by atoms with van der Waals surface area (Å²) < 4.78 is 26.3. The van der Waals surface area contributed by atoms with E-state index in [1.807, 2.05) is 6.07 Å². The van der Waals surface area contributed by atoms with Crippen molar-refractivity contribution in [2.75, 3.05) is 0 Å². The van der Waals surface area contributed by atoms with Gasteiger partial charge in [-0.25, -0.2) is 18.6 Å². The first kappa shape index (κ1) is 23.5. The third kappa shape index (κ3) is 6.55. The van der Waals surface area contributed by atoms with E-state index >= 15 is 0 Å². The fourth-order valence-electron chi connectivity index (χ4n) is 2.17. The van der Waals surface area contributed by atoms with Crippen molar-refractivity contribution in [2.45, 2.75) is 26.2 Å². The Balaban J connectivity index is 0.000000332. The molecule has 1 radical (unpaired) electrons. The van der Waals surface area contributed by atoms with E-state index in [0.717, 1.165) is 18.1 Å². The van der Waals surface area contributed by atoms with E-state index in [2.05, 4.69) is 34.9 Å². The number of carbonyl (C=O) groups is 1. The van der Waals surface area contributed by atoms with E-state index in [0.29, 0.717) is 11.6 Å². The molecule has 149 valence electrons. The van der Waals surface area contributed by atoms with Gasteiger partial charge >= 0.3 is 5.97 Å². The molecule has 3 heterocycles. The molecular weight excluding hydrogens is 544 g/mol. The van der Waals surface area contributed by atoms with E-state index in [9.17, 15) is 13.6 Å². The van der Waals surface area contributed by atoms with Crippen LogP contribution in [0, 0.1) is 18.0 Å². The second kappa shape index (κ2) is 11.3. The number of nitrogens with zero attached hydrogens (tertiary/aromatic N) is 3. The molecule has 0 saturated carbocycles. The van der Waals surface area contributed by atoms with Gasteiger partial charge in [-0.2, -0.15) is 0 Å². The summed E-state index contributed by atoms with van der Waals surface area (Å²) in [7, 11) is 0. The van der Waals surface area contributed by atoms with E-state index in [4.69, 9.17) is 5.11 Å². The molecule has 0 aromatic carbocycles. The van der Waals surface area contributed by atoms with Crippen molar-refractivity contribution in [3.05, 3.63) is 78.0 Å². The molecule has 0 aliphatic carbocycles. The quantitative estimate of drug-likeness (QED) is 0.374. The van der Waals surface area contributed by atoms with Crippen molar-refractivity contribution in [1.29, 1.82) is 0 Å². The minimum atomic E-state index is -0.990. The first-order chi connectivity index (χ1) is 12.9. The Kier molecular flexibility index (Phi) is 9.48. The number of hydrogen-bond donors (Lipinski definition) is 1. The monoisotopic (exact) mass is 563 g/mol. The predicted octanol–water partition coefficient (Wildman–Crippen LogP) is 4.51. The Morgan fingerprint density at radius 1 is 1.21 bits per heavy atom. The van der Waals surface area contributed by atoms with E-state index in [-0.39, 0.29) is 31.4 Å². The minimum Gasteiger partial charge on any atom is -0.477 e. The van der Waals surface area contributed by atoms with Crippen LogP contribution < -0.4 is 0 Å². The Labute approximate surface area is 175 Å². The molecule has 3 rings (SSSR count). The Morgan fingerprint density at radius 3 is 2.50 bits per heavy atom. The summed E-state index contributed by atoms with van der Waals surface area (Å²) in [4.78, 5) is 20.9. The fraction of sp³-hybridized carbons (Fsp3) is 0.200. The van der Waals surface area contributed by atoms with Gasteiger partial charge in [-0.15, -0.1) is 6.07 Å². The zero-order valence-electron chi connectivity index (χ0n) is 15.2. The maximum Gasteiger partial charge on any atom is 0.354 e. The molecule has 28 heavy (non-hydrogen) atoms. The molecule has 1 unspecified atom stereocenters. The van der Waals surface area contributed by atoms with Gasteiger partial charge < -0.3 is 10.1 Å². The van der Waals surface area contributed by atoms with Gasteiger partial charge in [0, 0.05) is 32.5 Å². The van der Waals surface area contributed by atoms with Crippen LogP contribution >= 0.6 is 0 Å². The van der Waals surface area contributed by atoms with Crippen LogP contribution in [0.2, 0.25) is 0 Å². The average Bonchev–Trinajstić information content (AvgIpc) is 2.68. The zero-order valence-corrected chi connectivity index (χ0v) is 17.6. The summed E-state index contributed by atoms with van der Waals surface area (Å²) in [6, 6.07) is 12.0. The van der Waals surface area contributed by atoms with Gasteiger partial charge in [0.15, 0.2) is 0 Å². The molecule has 8 heteroatoms. The third-order valence-corrected chi connectivity index (χ3v) is 3.85. The van der Waals surface area contributed by atoms with Gasteiger partial charge in [0.2, 0.25) is 0 Å². The molecule has 0 fully saturated rings. The fourth-order valence-corrected chi connectivity index (χ4v) is 2.17. The summed E-state index contributed by atoms with van der Waals surface area (Å²) >= 11 is 0. The van der Waals surface area contributed by atoms with Gasteiger partial charge in [0.05, 0.1) is 0 Å². The molecular formula is C20H18F2IrN3O2-. The van der Waals surface area contributed by atoms with Gasteiger partial charge in [-0.3, -0.25) is 4.98 Å². The Morgan fingerprint density at radius 2 is 1.96 bits per heavy atom. The first-order valence-electron chi connectivity index (χ1n) is 8.26. The van der Waals surface area contributed by atoms with Gasteiger partial charge in [-0.05, 0) is 36.2 Å². The Bertz CT molecular complexity index is 911. The standard InChI is InChI=1S/C14H13F2N2.C6H5NO2.Ir/c1-3-9(2)10-6-7-17-12(8-10)11-4-5-13(15)18-14(11)16;8-6(9)5-3-1-2-4-7-5;/h5-9H,3H2,1-2H3;1-4H,(H,8,9);/q-1;;. The maximum atomic E-state index is 13.5. The summed E-state index contributed by atoms with van der Waals surface area (Å²) in [6.45, 7) is 4.17. The summed E-state index contributed by atoms with van der Waals surface area (Å²) in [5.74, 6) is -2.39. The number of pyridine rings is 3. The molecule has 1 atom stereocenters. The number of carboxylic acid groups (broad SMARTS) is 1. The minimum absolute atomic E-state index is 0. The van der Waals surface area contributed by atoms with Crippen LogP contribution in [0.4, 0.5) is 8.78 Å². The molecule has 3 aromatic heterocycles. The molecule has 0 amide bonds. The topological polar surface area (TPSA) is 76.0 Å². The number of carboxylic acids is 1. The normalized spacial score (nSPS) is 10.9. The van der Waals surface area contributed by atoms with Crippen LogP contribution in [0.15, 0.2) is 48.8 Å². The SMILES string of the molecule is CCC(C)c1ccnc(-c2[c-]cc(F)nc2F)c1.O=C(O)c1ccccn1.[Ir]. The zero-order chi connectivity index (χ0) is 19.8. The van der Waals surface area contributed by atoms with Crippen LogP contribution in [0.1, 0.15) is 42.2 Å². The van der Waals surface area contributed by atoms with Crippen molar-refractivity contribution in [2.24, 2.45) is 0 Å². The number of aromatic nitrogens is 3. The molecule has 0 saturated heterocycles. The van der Waals surface area contributed by atoms with Crippen molar-refractivity contribution >= 4 is 5.97 Å². The maximum absolute atomic E-state index is 13.5. The number of rotatable bonds is 4. The van der Waals surface area contributed by atoms with Crippen LogP contribution in [-0.4, -0.2) is 26.0 Å². The smallest absolute Gasteiger partial charge is 0.354 e. The Hall–Kier alpha value is -2.57. The molecule has 1 N–H and O–H groups in total. The largest absolute Gasteiger partial charge is 0.477 e. The first-order valence-corrected chi connectivity index (χ1v) is 8.26. The van der Waals surface area contributed by atoms with Crippen molar-refractivity contribution in [3.63, 3.8) is 0 Å². The van der Waals surface area contributed by atoms with Crippen molar-refractivity contribution in [1.82, 2.24) is 15.0 Å². The third-order valence-electron chi connectivity index (χ3n) is 3.85.